The van der Waals surface area contributed by atoms with Crippen LogP contribution in [-0.2, 0) is 17.5 Å². The van der Waals surface area contributed by atoms with E-state index in [4.69, 9.17) is 0 Å². The molecule has 1 aromatic carbocycles. The third-order valence-corrected chi connectivity index (χ3v) is 5.09. The second-order valence-corrected chi connectivity index (χ2v) is 7.44. The summed E-state index contributed by atoms with van der Waals surface area (Å²) >= 11 is 0. The first kappa shape index (κ1) is 18.5. The Morgan fingerprint density at radius 1 is 1.29 bits per heavy atom. The van der Waals surface area contributed by atoms with Gasteiger partial charge in [-0.1, -0.05) is 29.4 Å². The molecule has 0 unspecified atom stereocenters. The molecule has 28 heavy (non-hydrogen) atoms. The van der Waals surface area contributed by atoms with Crippen molar-refractivity contribution in [2.45, 2.75) is 38.4 Å². The molecule has 6 nitrogen and oxygen atoms in total. The largest absolute Gasteiger partial charge is 0.471 e. The topological polar surface area (TPSA) is 83.0 Å². The normalized spacial score (nSPS) is 17.8. The predicted molar refractivity (Wildman–Crippen MR) is 90.2 cm³/mol. The van der Waals surface area contributed by atoms with Crippen molar-refractivity contribution >= 4 is 5.91 Å². The van der Waals surface area contributed by atoms with Gasteiger partial charge in [-0.25, -0.2) is 0 Å². The highest BCUT2D eigenvalue weighted by Crippen LogP contribution is 2.47. The lowest BCUT2D eigenvalue weighted by molar-refractivity contribution is -0.159. The van der Waals surface area contributed by atoms with Gasteiger partial charge in [-0.15, -0.1) is 0 Å². The number of hydrogen-bond acceptors (Lipinski definition) is 5. The molecule has 2 aliphatic rings. The molecule has 0 aliphatic heterocycles. The Balaban J connectivity index is 1.48. The first-order chi connectivity index (χ1) is 13.3. The molecule has 0 atom stereocenters. The number of alkyl halides is 3. The molecule has 1 amide bonds. The average Bonchev–Trinajstić information content (AvgIpc) is 3.59. The Morgan fingerprint density at radius 2 is 1.96 bits per heavy atom. The van der Waals surface area contributed by atoms with E-state index >= 15 is 0 Å². The minimum absolute atomic E-state index is 0.126. The summed E-state index contributed by atoms with van der Waals surface area (Å²) in [6.45, 7) is 0.989. The Kier molecular flexibility index (Phi) is 4.37. The fraction of sp³-hybridized carbons (Fsp3) is 0.474. The average molecular weight is 390 g/mol. The van der Waals surface area contributed by atoms with E-state index in [1.165, 1.54) is 0 Å². The van der Waals surface area contributed by atoms with Gasteiger partial charge in [0, 0.05) is 18.7 Å². The zero-order chi connectivity index (χ0) is 19.9. The van der Waals surface area contributed by atoms with Crippen LogP contribution in [-0.4, -0.2) is 27.5 Å². The number of nitrogens with zero attached hydrogens (tertiary/aromatic N) is 4. The van der Waals surface area contributed by atoms with Crippen LogP contribution >= 0.6 is 0 Å². The van der Waals surface area contributed by atoms with Crippen molar-refractivity contribution in [3.05, 3.63) is 35.7 Å². The molecule has 0 radical (unpaired) electrons. The third kappa shape index (κ3) is 3.72. The van der Waals surface area contributed by atoms with Gasteiger partial charge in [0.05, 0.1) is 6.07 Å². The van der Waals surface area contributed by atoms with Crippen LogP contribution < -0.4 is 0 Å². The second kappa shape index (κ2) is 6.62. The Morgan fingerprint density at radius 3 is 2.46 bits per heavy atom. The van der Waals surface area contributed by atoms with Crippen LogP contribution in [0.2, 0.25) is 0 Å². The Hall–Kier alpha value is -2.89. The zero-order valence-electron chi connectivity index (χ0n) is 14.9. The molecule has 0 saturated heterocycles. The van der Waals surface area contributed by atoms with Crippen LogP contribution in [0.4, 0.5) is 13.2 Å². The number of benzene rings is 1. The highest BCUT2D eigenvalue weighted by Gasteiger charge is 2.53. The number of carbonyl (C=O) groups excluding carboxylic acids is 1. The number of halogens is 3. The summed E-state index contributed by atoms with van der Waals surface area (Å²) in [7, 11) is 0. The SMILES string of the molecule is N#CC1(C(=O)N(Cc2ccc(-c3noc(C(F)(F)F)n3)cc2)CC2CC2)CC1. The minimum atomic E-state index is -4.69. The van der Waals surface area contributed by atoms with Crippen molar-refractivity contribution in [2.75, 3.05) is 6.54 Å². The molecule has 1 heterocycles. The maximum atomic E-state index is 12.8. The molecule has 0 spiro atoms. The van der Waals surface area contributed by atoms with Gasteiger partial charge in [0.15, 0.2) is 0 Å². The lowest BCUT2D eigenvalue weighted by atomic mass is 10.1. The summed E-state index contributed by atoms with van der Waals surface area (Å²) in [5.41, 5.74) is 0.345. The molecular formula is C19H17F3N4O2. The van der Waals surface area contributed by atoms with Crippen LogP contribution in [0.25, 0.3) is 11.4 Å². The van der Waals surface area contributed by atoms with E-state index in [9.17, 15) is 23.2 Å². The standard InChI is InChI=1S/C19H17F3N4O2/c20-19(21,22)16-24-15(25-28-16)14-5-3-13(4-6-14)10-26(9-12-1-2-12)17(27)18(11-23)7-8-18/h3-6,12H,1-2,7-10H2. The highest BCUT2D eigenvalue weighted by molar-refractivity contribution is 5.88. The maximum absolute atomic E-state index is 12.8. The highest BCUT2D eigenvalue weighted by atomic mass is 19.4. The van der Waals surface area contributed by atoms with E-state index in [1.54, 1.807) is 29.2 Å². The van der Waals surface area contributed by atoms with E-state index in [-0.39, 0.29) is 11.7 Å². The van der Waals surface area contributed by atoms with Crippen molar-refractivity contribution < 1.29 is 22.5 Å². The predicted octanol–water partition coefficient (Wildman–Crippen LogP) is 3.80. The van der Waals surface area contributed by atoms with Crippen LogP contribution in [0.15, 0.2) is 28.8 Å². The number of rotatable bonds is 6. The van der Waals surface area contributed by atoms with Gasteiger partial charge in [0.25, 0.3) is 0 Å². The van der Waals surface area contributed by atoms with Crippen LogP contribution in [0.1, 0.15) is 37.1 Å². The molecule has 2 aliphatic carbocycles. The molecule has 1 aromatic heterocycles. The minimum Gasteiger partial charge on any atom is -0.337 e. The quantitative estimate of drug-likeness (QED) is 0.749. The smallest absolute Gasteiger partial charge is 0.337 e. The molecule has 146 valence electrons. The number of carbonyl (C=O) groups is 1. The molecular weight excluding hydrogens is 373 g/mol. The van der Waals surface area contributed by atoms with Crippen LogP contribution in [0, 0.1) is 22.7 Å². The fourth-order valence-corrected chi connectivity index (χ4v) is 3.07. The molecule has 0 N–H and O–H groups in total. The number of amides is 1. The number of hydrogen-bond donors (Lipinski definition) is 0. The first-order valence-corrected chi connectivity index (χ1v) is 9.02. The molecule has 0 bridgehead atoms. The lowest BCUT2D eigenvalue weighted by Gasteiger charge is -2.25. The Labute approximate surface area is 158 Å². The van der Waals surface area contributed by atoms with Crippen molar-refractivity contribution in [3.63, 3.8) is 0 Å². The number of aromatic nitrogens is 2. The van der Waals surface area contributed by atoms with Gasteiger partial charge in [-0.2, -0.15) is 23.4 Å². The van der Waals surface area contributed by atoms with Crippen molar-refractivity contribution in [2.24, 2.45) is 11.3 Å². The maximum Gasteiger partial charge on any atom is 0.471 e. The summed E-state index contributed by atoms with van der Waals surface area (Å²) in [6.07, 6.45) is -1.32. The molecule has 4 rings (SSSR count). The summed E-state index contributed by atoms with van der Waals surface area (Å²) in [5.74, 6) is -1.18. The second-order valence-electron chi connectivity index (χ2n) is 7.44. The van der Waals surface area contributed by atoms with Gasteiger partial charge in [-0.05, 0) is 37.2 Å². The van der Waals surface area contributed by atoms with E-state index in [1.807, 2.05) is 0 Å². The first-order valence-electron chi connectivity index (χ1n) is 9.02. The van der Waals surface area contributed by atoms with Gasteiger partial charge in [-0.3, -0.25) is 4.79 Å². The zero-order valence-corrected chi connectivity index (χ0v) is 14.9. The van der Waals surface area contributed by atoms with Gasteiger partial charge < -0.3 is 9.42 Å². The molecule has 9 heteroatoms. The number of nitriles is 1. The molecule has 2 aromatic rings. The van der Waals surface area contributed by atoms with E-state index < -0.39 is 17.5 Å². The monoisotopic (exact) mass is 390 g/mol. The van der Waals surface area contributed by atoms with Gasteiger partial charge in [0.2, 0.25) is 11.7 Å². The summed E-state index contributed by atoms with van der Waals surface area (Å²) in [4.78, 5) is 17.9. The van der Waals surface area contributed by atoms with Crippen LogP contribution in [0.5, 0.6) is 0 Å². The van der Waals surface area contributed by atoms with E-state index in [0.717, 1.165) is 18.4 Å². The van der Waals surface area contributed by atoms with Gasteiger partial charge in [0.1, 0.15) is 5.41 Å². The van der Waals surface area contributed by atoms with Crippen molar-refractivity contribution in [3.8, 4) is 17.5 Å². The summed E-state index contributed by atoms with van der Waals surface area (Å²) in [5, 5.41) is 12.7. The van der Waals surface area contributed by atoms with Crippen molar-refractivity contribution in [1.82, 2.24) is 15.0 Å². The fourth-order valence-electron chi connectivity index (χ4n) is 3.07. The third-order valence-electron chi connectivity index (χ3n) is 5.09. The van der Waals surface area contributed by atoms with Crippen molar-refractivity contribution in [1.29, 1.82) is 5.26 Å². The Bertz CT molecular complexity index is 922. The lowest BCUT2D eigenvalue weighted by Crippen LogP contribution is -2.37. The molecule has 2 fully saturated rings. The molecule has 2 saturated carbocycles. The van der Waals surface area contributed by atoms with Gasteiger partial charge >= 0.3 is 12.1 Å². The van der Waals surface area contributed by atoms with E-state index in [0.29, 0.717) is 37.4 Å². The summed E-state index contributed by atoms with van der Waals surface area (Å²) < 4.78 is 42.0. The van der Waals surface area contributed by atoms with E-state index in [2.05, 4.69) is 20.7 Å². The van der Waals surface area contributed by atoms with Crippen LogP contribution in [0.3, 0.4) is 0 Å². The summed E-state index contributed by atoms with van der Waals surface area (Å²) in [6, 6.07) is 8.78.